The molecular formula is C9H19NO2S2. The van der Waals surface area contributed by atoms with Crippen molar-refractivity contribution in [3.8, 4) is 0 Å². The molecule has 0 amide bonds. The van der Waals surface area contributed by atoms with Crippen LogP contribution in [-0.2, 0) is 10.0 Å². The Morgan fingerprint density at radius 1 is 1.36 bits per heavy atom. The predicted molar refractivity (Wildman–Crippen MR) is 62.1 cm³/mol. The Morgan fingerprint density at radius 3 is 2.43 bits per heavy atom. The van der Waals surface area contributed by atoms with Gasteiger partial charge in [-0.3, -0.25) is 0 Å². The van der Waals surface area contributed by atoms with Crippen LogP contribution in [0.25, 0.3) is 0 Å². The van der Waals surface area contributed by atoms with Gasteiger partial charge >= 0.3 is 0 Å². The summed E-state index contributed by atoms with van der Waals surface area (Å²) < 4.78 is 25.6. The zero-order chi connectivity index (χ0) is 10.9. The second-order valence-electron chi connectivity index (χ2n) is 4.02. The van der Waals surface area contributed by atoms with Crippen molar-refractivity contribution in [1.82, 2.24) is 4.31 Å². The SMILES string of the molecule is CC1SCCN(S(=O)(=O)C(C)C)C1C. The molecule has 3 nitrogen and oxygen atoms in total. The summed E-state index contributed by atoms with van der Waals surface area (Å²) in [6.45, 7) is 8.24. The fourth-order valence-electron chi connectivity index (χ4n) is 1.54. The first-order valence-corrected chi connectivity index (χ1v) is 7.55. The summed E-state index contributed by atoms with van der Waals surface area (Å²) in [6.07, 6.45) is 0. The third-order valence-corrected chi connectivity index (χ3v) is 6.45. The predicted octanol–water partition coefficient (Wildman–Crippen LogP) is 1.55. The quantitative estimate of drug-likeness (QED) is 0.731. The first-order chi connectivity index (χ1) is 6.37. The van der Waals surface area contributed by atoms with Crippen molar-refractivity contribution in [2.45, 2.75) is 44.2 Å². The molecule has 14 heavy (non-hydrogen) atoms. The van der Waals surface area contributed by atoms with Crippen molar-refractivity contribution in [2.24, 2.45) is 0 Å². The summed E-state index contributed by atoms with van der Waals surface area (Å²) >= 11 is 1.85. The van der Waals surface area contributed by atoms with Gasteiger partial charge < -0.3 is 0 Å². The number of hydrogen-bond acceptors (Lipinski definition) is 3. The van der Waals surface area contributed by atoms with Gasteiger partial charge in [-0.05, 0) is 20.8 Å². The molecule has 1 aliphatic rings. The van der Waals surface area contributed by atoms with Crippen LogP contribution < -0.4 is 0 Å². The minimum atomic E-state index is -3.06. The van der Waals surface area contributed by atoms with Gasteiger partial charge in [0, 0.05) is 23.6 Å². The molecule has 2 atom stereocenters. The normalized spacial score (nSPS) is 30.9. The summed E-state index contributed by atoms with van der Waals surface area (Å²) in [5, 5.41) is 0.0949. The van der Waals surface area contributed by atoms with Crippen LogP contribution in [-0.4, -0.2) is 41.6 Å². The molecule has 0 bridgehead atoms. The standard InChI is InChI=1S/C9H19NO2S2/c1-7(2)14(11,12)10-5-6-13-9(4)8(10)3/h7-9H,5-6H2,1-4H3. The molecule has 0 spiro atoms. The van der Waals surface area contributed by atoms with Gasteiger partial charge in [0.15, 0.2) is 0 Å². The maximum atomic E-state index is 12.0. The smallest absolute Gasteiger partial charge is 0.212 e. The van der Waals surface area contributed by atoms with E-state index in [1.165, 1.54) is 0 Å². The van der Waals surface area contributed by atoms with Crippen LogP contribution in [0.4, 0.5) is 0 Å². The van der Waals surface area contributed by atoms with E-state index in [4.69, 9.17) is 0 Å². The lowest BCUT2D eigenvalue weighted by Gasteiger charge is -2.37. The van der Waals surface area contributed by atoms with E-state index in [1.54, 1.807) is 18.2 Å². The molecule has 0 radical (unpaired) electrons. The molecule has 0 saturated carbocycles. The van der Waals surface area contributed by atoms with E-state index in [1.807, 2.05) is 18.7 Å². The summed E-state index contributed by atoms with van der Waals surface area (Å²) in [7, 11) is -3.06. The van der Waals surface area contributed by atoms with Crippen LogP contribution in [0, 0.1) is 0 Å². The summed E-state index contributed by atoms with van der Waals surface area (Å²) in [6, 6.07) is 0.126. The molecule has 0 aromatic heterocycles. The second-order valence-corrected chi connectivity index (χ2v) is 7.95. The maximum Gasteiger partial charge on any atom is 0.216 e. The highest BCUT2D eigenvalue weighted by Crippen LogP contribution is 2.27. The molecule has 0 aliphatic carbocycles. The van der Waals surface area contributed by atoms with Crippen LogP contribution in [0.5, 0.6) is 0 Å². The minimum absolute atomic E-state index is 0.126. The van der Waals surface area contributed by atoms with E-state index in [2.05, 4.69) is 6.92 Å². The minimum Gasteiger partial charge on any atom is -0.212 e. The van der Waals surface area contributed by atoms with Gasteiger partial charge in [0.25, 0.3) is 0 Å². The first kappa shape index (κ1) is 12.3. The van der Waals surface area contributed by atoms with Crippen LogP contribution in [0.1, 0.15) is 27.7 Å². The fraction of sp³-hybridized carbons (Fsp3) is 1.00. The molecule has 0 N–H and O–H groups in total. The topological polar surface area (TPSA) is 37.4 Å². The van der Waals surface area contributed by atoms with Crippen LogP contribution in [0.3, 0.4) is 0 Å². The lowest BCUT2D eigenvalue weighted by molar-refractivity contribution is 0.337. The van der Waals surface area contributed by atoms with Gasteiger partial charge in [-0.15, -0.1) is 0 Å². The Hall–Kier alpha value is 0.260. The Balaban J connectivity index is 2.87. The zero-order valence-corrected chi connectivity index (χ0v) is 10.9. The van der Waals surface area contributed by atoms with E-state index in [9.17, 15) is 8.42 Å². The Bertz CT molecular complexity index is 287. The number of nitrogens with zero attached hydrogens (tertiary/aromatic N) is 1. The maximum absolute atomic E-state index is 12.0. The number of hydrogen-bond donors (Lipinski definition) is 0. The largest absolute Gasteiger partial charge is 0.216 e. The summed E-state index contributed by atoms with van der Waals surface area (Å²) in [4.78, 5) is 0. The Labute approximate surface area is 91.3 Å². The Morgan fingerprint density at radius 2 is 1.93 bits per heavy atom. The van der Waals surface area contributed by atoms with Gasteiger partial charge in [0.05, 0.1) is 5.25 Å². The molecule has 1 fully saturated rings. The number of sulfonamides is 1. The van der Waals surface area contributed by atoms with Crippen molar-refractivity contribution < 1.29 is 8.42 Å². The van der Waals surface area contributed by atoms with Crippen molar-refractivity contribution in [1.29, 1.82) is 0 Å². The third kappa shape index (κ3) is 2.25. The number of rotatable bonds is 2. The molecule has 5 heteroatoms. The monoisotopic (exact) mass is 237 g/mol. The molecule has 84 valence electrons. The van der Waals surface area contributed by atoms with Gasteiger partial charge in [-0.1, -0.05) is 6.92 Å². The van der Waals surface area contributed by atoms with Gasteiger partial charge in [0.1, 0.15) is 0 Å². The van der Waals surface area contributed by atoms with Crippen LogP contribution in [0.2, 0.25) is 0 Å². The molecule has 0 aromatic rings. The highest BCUT2D eigenvalue weighted by molar-refractivity contribution is 8.00. The second kappa shape index (κ2) is 4.41. The van der Waals surface area contributed by atoms with Crippen molar-refractivity contribution in [2.75, 3.05) is 12.3 Å². The van der Waals surface area contributed by atoms with E-state index < -0.39 is 10.0 Å². The summed E-state index contributed by atoms with van der Waals surface area (Å²) in [5.41, 5.74) is 0. The van der Waals surface area contributed by atoms with Crippen molar-refractivity contribution >= 4 is 21.8 Å². The molecule has 2 unspecified atom stereocenters. The van der Waals surface area contributed by atoms with E-state index in [0.717, 1.165) is 5.75 Å². The average molecular weight is 237 g/mol. The fourth-order valence-corrected chi connectivity index (χ4v) is 4.36. The van der Waals surface area contributed by atoms with Crippen molar-refractivity contribution in [3.63, 3.8) is 0 Å². The zero-order valence-electron chi connectivity index (χ0n) is 9.23. The number of thioether (sulfide) groups is 1. The van der Waals surface area contributed by atoms with Crippen LogP contribution >= 0.6 is 11.8 Å². The van der Waals surface area contributed by atoms with Gasteiger partial charge in [0.2, 0.25) is 10.0 Å². The van der Waals surface area contributed by atoms with E-state index in [-0.39, 0.29) is 11.3 Å². The van der Waals surface area contributed by atoms with Gasteiger partial charge in [-0.2, -0.15) is 16.1 Å². The molecule has 0 aromatic carbocycles. The van der Waals surface area contributed by atoms with E-state index in [0.29, 0.717) is 11.8 Å². The third-order valence-electron chi connectivity index (χ3n) is 2.75. The molecule has 1 rings (SSSR count). The van der Waals surface area contributed by atoms with Crippen molar-refractivity contribution in [3.05, 3.63) is 0 Å². The Kier molecular flexibility index (Phi) is 3.88. The first-order valence-electron chi connectivity index (χ1n) is 4.99. The van der Waals surface area contributed by atoms with Crippen LogP contribution in [0.15, 0.2) is 0 Å². The molecule has 1 saturated heterocycles. The lowest BCUT2D eigenvalue weighted by Crippen LogP contribution is -2.50. The van der Waals surface area contributed by atoms with E-state index >= 15 is 0 Å². The highest BCUT2D eigenvalue weighted by atomic mass is 32.2. The lowest BCUT2D eigenvalue weighted by atomic mass is 10.2. The molecule has 1 heterocycles. The average Bonchev–Trinajstić information content (AvgIpc) is 2.09. The highest BCUT2D eigenvalue weighted by Gasteiger charge is 2.35. The molecule has 1 aliphatic heterocycles. The van der Waals surface area contributed by atoms with Gasteiger partial charge in [-0.25, -0.2) is 8.42 Å². The molecular weight excluding hydrogens is 218 g/mol. The summed E-state index contributed by atoms with van der Waals surface area (Å²) in [5.74, 6) is 0.914.